The molecule has 1 aromatic heterocycles. The van der Waals surface area contributed by atoms with Gasteiger partial charge in [0, 0.05) is 5.56 Å². The number of carbonyl (C=O) groups is 1. The molecule has 0 aliphatic heterocycles. The molecule has 17 heavy (non-hydrogen) atoms. The summed E-state index contributed by atoms with van der Waals surface area (Å²) in [6.07, 6.45) is 0. The summed E-state index contributed by atoms with van der Waals surface area (Å²) in [5.74, 6) is 5.06. The maximum atomic E-state index is 11.2. The van der Waals surface area contributed by atoms with Gasteiger partial charge < -0.3 is 4.42 Å². The van der Waals surface area contributed by atoms with Crippen LogP contribution in [-0.2, 0) is 0 Å². The zero-order valence-corrected chi connectivity index (χ0v) is 10.0. The van der Waals surface area contributed by atoms with Gasteiger partial charge in [-0.25, -0.2) is 5.84 Å². The van der Waals surface area contributed by atoms with Gasteiger partial charge in [0.05, 0.1) is 10.0 Å². The SMILES string of the molecule is NNC(=O)c1ccc(-c2cccc(Cl)c2Cl)o1. The Labute approximate surface area is 107 Å². The number of nitrogens with one attached hydrogen (secondary N) is 1. The van der Waals surface area contributed by atoms with Gasteiger partial charge in [-0.15, -0.1) is 0 Å². The van der Waals surface area contributed by atoms with Gasteiger partial charge in [-0.1, -0.05) is 29.3 Å². The van der Waals surface area contributed by atoms with Gasteiger partial charge >= 0.3 is 5.91 Å². The summed E-state index contributed by atoms with van der Waals surface area (Å²) >= 11 is 11.9. The number of halogens is 2. The van der Waals surface area contributed by atoms with Crippen molar-refractivity contribution in [2.75, 3.05) is 0 Å². The van der Waals surface area contributed by atoms with E-state index in [4.69, 9.17) is 33.5 Å². The highest BCUT2D eigenvalue weighted by Gasteiger charge is 2.13. The largest absolute Gasteiger partial charge is 0.451 e. The van der Waals surface area contributed by atoms with E-state index in [9.17, 15) is 4.79 Å². The minimum atomic E-state index is -0.505. The number of rotatable bonds is 2. The van der Waals surface area contributed by atoms with E-state index in [1.165, 1.54) is 6.07 Å². The van der Waals surface area contributed by atoms with Crippen molar-refractivity contribution in [3.63, 3.8) is 0 Å². The molecule has 0 saturated carbocycles. The maximum absolute atomic E-state index is 11.2. The molecule has 0 unspecified atom stereocenters. The Balaban J connectivity index is 2.44. The van der Waals surface area contributed by atoms with Crippen molar-refractivity contribution in [1.82, 2.24) is 5.43 Å². The Morgan fingerprint density at radius 3 is 2.71 bits per heavy atom. The molecule has 1 aromatic carbocycles. The Morgan fingerprint density at radius 2 is 2.00 bits per heavy atom. The number of hydrogen-bond acceptors (Lipinski definition) is 3. The van der Waals surface area contributed by atoms with Crippen LogP contribution in [0.1, 0.15) is 10.6 Å². The van der Waals surface area contributed by atoms with E-state index >= 15 is 0 Å². The maximum Gasteiger partial charge on any atom is 0.300 e. The molecular weight excluding hydrogens is 263 g/mol. The third-order valence-electron chi connectivity index (χ3n) is 2.18. The van der Waals surface area contributed by atoms with E-state index in [-0.39, 0.29) is 5.76 Å². The molecule has 0 saturated heterocycles. The van der Waals surface area contributed by atoms with Gasteiger partial charge in [-0.3, -0.25) is 10.2 Å². The van der Waals surface area contributed by atoms with Crippen LogP contribution in [-0.4, -0.2) is 5.91 Å². The van der Waals surface area contributed by atoms with E-state index in [1.807, 2.05) is 5.43 Å². The molecule has 1 amide bonds. The fraction of sp³-hybridized carbons (Fsp3) is 0. The minimum Gasteiger partial charge on any atom is -0.451 e. The van der Waals surface area contributed by atoms with E-state index in [0.717, 1.165) is 0 Å². The first kappa shape index (κ1) is 12.0. The standard InChI is InChI=1S/C11H8Cl2N2O2/c12-7-3-1-2-6(10(7)13)8-4-5-9(17-8)11(16)15-14/h1-5H,14H2,(H,15,16). The molecule has 0 spiro atoms. The first-order valence-corrected chi connectivity index (χ1v) is 5.44. The molecule has 2 aromatic rings. The lowest BCUT2D eigenvalue weighted by Crippen LogP contribution is -2.29. The highest BCUT2D eigenvalue weighted by molar-refractivity contribution is 6.43. The molecule has 0 aliphatic carbocycles. The second-order valence-corrected chi connectivity index (χ2v) is 4.02. The monoisotopic (exact) mass is 270 g/mol. The highest BCUT2D eigenvalue weighted by Crippen LogP contribution is 2.34. The topological polar surface area (TPSA) is 68.3 Å². The third kappa shape index (κ3) is 2.29. The lowest BCUT2D eigenvalue weighted by atomic mass is 10.2. The number of furan rings is 1. The predicted octanol–water partition coefficient (Wildman–Crippen LogP) is 2.86. The van der Waals surface area contributed by atoms with Crippen LogP contribution in [0.15, 0.2) is 34.7 Å². The van der Waals surface area contributed by atoms with Crippen molar-refractivity contribution in [2.45, 2.75) is 0 Å². The fourth-order valence-electron chi connectivity index (χ4n) is 1.37. The third-order valence-corrected chi connectivity index (χ3v) is 3.00. The average molecular weight is 271 g/mol. The number of benzene rings is 1. The van der Waals surface area contributed by atoms with Gasteiger partial charge in [-0.2, -0.15) is 0 Å². The molecule has 88 valence electrons. The summed E-state index contributed by atoms with van der Waals surface area (Å²) < 4.78 is 5.32. The van der Waals surface area contributed by atoms with Gasteiger partial charge in [0.2, 0.25) is 0 Å². The Morgan fingerprint density at radius 1 is 1.24 bits per heavy atom. The molecule has 0 fully saturated rings. The van der Waals surface area contributed by atoms with Crippen LogP contribution in [0.2, 0.25) is 10.0 Å². The Hall–Kier alpha value is -1.49. The Kier molecular flexibility index (Phi) is 3.38. The van der Waals surface area contributed by atoms with Crippen molar-refractivity contribution < 1.29 is 9.21 Å². The Bertz CT molecular complexity index is 566. The summed E-state index contributed by atoms with van der Waals surface area (Å²) in [6.45, 7) is 0. The van der Waals surface area contributed by atoms with Gasteiger partial charge in [-0.05, 0) is 24.3 Å². The number of nitrogens with two attached hydrogens (primary N) is 1. The fourth-order valence-corrected chi connectivity index (χ4v) is 1.76. The van der Waals surface area contributed by atoms with Crippen LogP contribution in [0.4, 0.5) is 0 Å². The summed E-state index contributed by atoms with van der Waals surface area (Å²) in [6, 6.07) is 8.30. The van der Waals surface area contributed by atoms with Crippen molar-refractivity contribution in [3.8, 4) is 11.3 Å². The van der Waals surface area contributed by atoms with Gasteiger partial charge in [0.15, 0.2) is 5.76 Å². The molecule has 1 heterocycles. The van der Waals surface area contributed by atoms with Crippen molar-refractivity contribution in [2.24, 2.45) is 5.84 Å². The second kappa shape index (κ2) is 4.79. The number of amides is 1. The quantitative estimate of drug-likeness (QED) is 0.501. The molecule has 0 aliphatic rings. The molecule has 0 atom stereocenters. The van der Waals surface area contributed by atoms with E-state index < -0.39 is 5.91 Å². The van der Waals surface area contributed by atoms with Crippen LogP contribution < -0.4 is 11.3 Å². The van der Waals surface area contributed by atoms with E-state index in [0.29, 0.717) is 21.4 Å². The van der Waals surface area contributed by atoms with Crippen LogP contribution >= 0.6 is 23.2 Å². The lowest BCUT2D eigenvalue weighted by Gasteiger charge is -2.02. The van der Waals surface area contributed by atoms with Crippen LogP contribution in [0.3, 0.4) is 0 Å². The number of nitrogen functional groups attached to an aromatic ring is 1. The highest BCUT2D eigenvalue weighted by atomic mass is 35.5. The molecule has 4 nitrogen and oxygen atoms in total. The number of hydrazine groups is 1. The summed E-state index contributed by atoms with van der Waals surface area (Å²) in [4.78, 5) is 11.2. The van der Waals surface area contributed by atoms with Gasteiger partial charge in [0.25, 0.3) is 0 Å². The first-order chi connectivity index (χ1) is 8.13. The number of hydrogen-bond donors (Lipinski definition) is 2. The van der Waals surface area contributed by atoms with Crippen molar-refractivity contribution in [3.05, 3.63) is 46.1 Å². The van der Waals surface area contributed by atoms with Gasteiger partial charge in [0.1, 0.15) is 5.76 Å². The summed E-state index contributed by atoms with van der Waals surface area (Å²) in [5, 5.41) is 0.800. The van der Waals surface area contributed by atoms with Crippen LogP contribution in [0.25, 0.3) is 11.3 Å². The zero-order chi connectivity index (χ0) is 12.4. The van der Waals surface area contributed by atoms with Crippen molar-refractivity contribution in [1.29, 1.82) is 0 Å². The molecule has 0 bridgehead atoms. The molecule has 2 rings (SSSR count). The minimum absolute atomic E-state index is 0.110. The normalized spacial score (nSPS) is 10.3. The average Bonchev–Trinajstić information content (AvgIpc) is 2.81. The number of carbonyl (C=O) groups excluding carboxylic acids is 1. The summed E-state index contributed by atoms with van der Waals surface area (Å²) in [7, 11) is 0. The summed E-state index contributed by atoms with van der Waals surface area (Å²) in [5.41, 5.74) is 2.60. The molecule has 0 radical (unpaired) electrons. The predicted molar refractivity (Wildman–Crippen MR) is 65.8 cm³/mol. The van der Waals surface area contributed by atoms with E-state index in [2.05, 4.69) is 0 Å². The molecule has 3 N–H and O–H groups in total. The second-order valence-electron chi connectivity index (χ2n) is 3.24. The smallest absolute Gasteiger partial charge is 0.300 e. The van der Waals surface area contributed by atoms with Crippen LogP contribution in [0.5, 0.6) is 0 Å². The molecular formula is C11H8Cl2N2O2. The first-order valence-electron chi connectivity index (χ1n) is 4.68. The van der Waals surface area contributed by atoms with E-state index in [1.54, 1.807) is 24.3 Å². The van der Waals surface area contributed by atoms with Crippen LogP contribution in [0, 0.1) is 0 Å². The molecule has 6 heteroatoms. The lowest BCUT2D eigenvalue weighted by molar-refractivity contribution is 0.0927. The zero-order valence-electron chi connectivity index (χ0n) is 8.54. The van der Waals surface area contributed by atoms with Crippen molar-refractivity contribution >= 4 is 29.1 Å².